The summed E-state index contributed by atoms with van der Waals surface area (Å²) < 4.78 is 32.9. The number of thiazole rings is 1. The second-order valence-electron chi connectivity index (χ2n) is 6.74. The van der Waals surface area contributed by atoms with Gasteiger partial charge in [0.1, 0.15) is 10.0 Å². The molecule has 0 aliphatic heterocycles. The molecule has 0 bridgehead atoms. The molecule has 0 radical (unpaired) electrons. The molecule has 0 saturated heterocycles. The van der Waals surface area contributed by atoms with Gasteiger partial charge in [-0.05, 0) is 31.0 Å². The summed E-state index contributed by atoms with van der Waals surface area (Å²) in [5, 5.41) is 16.2. The van der Waals surface area contributed by atoms with E-state index in [4.69, 9.17) is 9.54 Å². The zero-order valence-electron chi connectivity index (χ0n) is 16.4. The Bertz CT molecular complexity index is 1250. The van der Waals surface area contributed by atoms with Crippen molar-refractivity contribution >= 4 is 43.8 Å². The average Bonchev–Trinajstić information content (AvgIpc) is 3.38. The summed E-state index contributed by atoms with van der Waals surface area (Å²) in [4.78, 5) is 4.83. The van der Waals surface area contributed by atoms with E-state index in [-0.39, 0.29) is 11.7 Å². The van der Waals surface area contributed by atoms with Crippen molar-refractivity contribution in [1.29, 1.82) is 0 Å². The fourth-order valence-corrected chi connectivity index (χ4v) is 4.94. The Morgan fingerprint density at radius 2 is 1.81 bits per heavy atom. The molecule has 8 nitrogen and oxygen atoms in total. The maximum atomic E-state index is 11.0. The average molecular weight is 474 g/mol. The van der Waals surface area contributed by atoms with Gasteiger partial charge >= 0.3 is 10.3 Å². The fraction of sp³-hybridized carbons (Fsp3) is 0.150. The van der Waals surface area contributed by atoms with Crippen LogP contribution in [0.3, 0.4) is 0 Å². The number of rotatable bonds is 8. The van der Waals surface area contributed by atoms with E-state index in [2.05, 4.69) is 15.5 Å². The summed E-state index contributed by atoms with van der Waals surface area (Å²) in [5.74, 6) is 0. The Morgan fingerprint density at radius 1 is 1.06 bits per heavy atom. The molecule has 31 heavy (non-hydrogen) atoms. The second-order valence-corrected chi connectivity index (χ2v) is 9.94. The van der Waals surface area contributed by atoms with Crippen LogP contribution < -0.4 is 10.0 Å². The topological polar surface area (TPSA) is 117 Å². The van der Waals surface area contributed by atoms with Crippen molar-refractivity contribution in [2.75, 3.05) is 10.0 Å². The Kier molecular flexibility index (Phi) is 6.28. The number of anilines is 2. The first-order valence-corrected chi connectivity index (χ1v) is 12.4. The van der Waals surface area contributed by atoms with Crippen LogP contribution in [0, 0.1) is 6.92 Å². The van der Waals surface area contributed by atoms with Crippen LogP contribution in [0.1, 0.15) is 22.3 Å². The molecule has 0 unspecified atom stereocenters. The van der Waals surface area contributed by atoms with E-state index in [1.165, 1.54) is 11.3 Å². The molecule has 11 heteroatoms. The third kappa shape index (κ3) is 5.85. The van der Waals surface area contributed by atoms with Crippen LogP contribution in [0.25, 0.3) is 10.6 Å². The Labute approximate surface area is 187 Å². The highest BCUT2D eigenvalue weighted by Crippen LogP contribution is 2.30. The van der Waals surface area contributed by atoms with Crippen LogP contribution in [0.5, 0.6) is 0 Å². The highest BCUT2D eigenvalue weighted by molar-refractivity contribution is 7.87. The number of nitrogens with zero attached hydrogens (tertiary/aromatic N) is 3. The lowest BCUT2D eigenvalue weighted by molar-refractivity contribution is 0.489. The van der Waals surface area contributed by atoms with Gasteiger partial charge in [-0.2, -0.15) is 8.42 Å². The van der Waals surface area contributed by atoms with E-state index < -0.39 is 10.3 Å². The van der Waals surface area contributed by atoms with Crippen LogP contribution in [0.15, 0.2) is 60.0 Å². The smallest absolute Gasteiger partial charge is 0.351 e. The van der Waals surface area contributed by atoms with Gasteiger partial charge in [0.05, 0.1) is 17.4 Å². The summed E-state index contributed by atoms with van der Waals surface area (Å²) >= 11 is 3.05. The minimum Gasteiger partial charge on any atom is -0.351 e. The van der Waals surface area contributed by atoms with Crippen LogP contribution in [0.4, 0.5) is 10.8 Å². The monoisotopic (exact) mass is 473 g/mol. The minimum absolute atomic E-state index is 0.151. The van der Waals surface area contributed by atoms with Crippen molar-refractivity contribution in [3.8, 4) is 10.6 Å². The van der Waals surface area contributed by atoms with Crippen LogP contribution in [-0.2, 0) is 16.7 Å². The number of nitrogens with one attached hydrogen (secondary N) is 2. The lowest BCUT2D eigenvalue weighted by atomic mass is 10.0. The fourth-order valence-electron chi connectivity index (χ4n) is 2.99. The SMILES string of the molecule is Cc1nnc(N[C@@H](Cc2ccc(NS(=O)(=O)O)cc2)c2csc(-c3ccccc3)n2)s1. The Morgan fingerprint density at radius 3 is 2.45 bits per heavy atom. The van der Waals surface area contributed by atoms with Gasteiger partial charge in [0, 0.05) is 10.9 Å². The molecule has 0 aliphatic carbocycles. The number of aryl methyl sites for hydroxylation is 1. The molecule has 3 N–H and O–H groups in total. The molecule has 0 fully saturated rings. The first kappa shape index (κ1) is 21.4. The van der Waals surface area contributed by atoms with Gasteiger partial charge in [0.2, 0.25) is 5.13 Å². The number of aromatic nitrogens is 3. The van der Waals surface area contributed by atoms with Crippen LogP contribution in [0.2, 0.25) is 0 Å². The van der Waals surface area contributed by atoms with Crippen LogP contribution in [-0.4, -0.2) is 28.2 Å². The molecule has 0 amide bonds. The van der Waals surface area contributed by atoms with Crippen molar-refractivity contribution in [1.82, 2.24) is 15.2 Å². The number of benzene rings is 2. The molecule has 2 aromatic heterocycles. The highest BCUT2D eigenvalue weighted by atomic mass is 32.2. The third-order valence-corrected chi connectivity index (χ3v) is 6.54. The zero-order chi connectivity index (χ0) is 21.8. The number of hydrogen-bond donors (Lipinski definition) is 3. The van der Waals surface area contributed by atoms with E-state index >= 15 is 0 Å². The Hall–Kier alpha value is -2.86. The summed E-state index contributed by atoms with van der Waals surface area (Å²) in [6, 6.07) is 16.7. The molecule has 160 valence electrons. The van der Waals surface area contributed by atoms with Crippen molar-refractivity contribution in [3.05, 3.63) is 76.2 Å². The van der Waals surface area contributed by atoms with Gasteiger partial charge in [-0.15, -0.1) is 21.5 Å². The highest BCUT2D eigenvalue weighted by Gasteiger charge is 2.18. The minimum atomic E-state index is -4.30. The predicted octanol–water partition coefficient (Wildman–Crippen LogP) is 4.58. The zero-order valence-corrected chi connectivity index (χ0v) is 18.8. The standard InChI is InChI=1S/C20H19N5O3S3/c1-13-23-24-20(30-13)22-17(11-14-7-9-16(10-8-14)25-31(26,27)28)18-12-29-19(21-18)15-5-3-2-4-6-15/h2-10,12,17,25H,11H2,1H3,(H,22,24)(H,26,27,28)/t17-/m0/s1. The van der Waals surface area contributed by atoms with Gasteiger partial charge in [0.15, 0.2) is 0 Å². The van der Waals surface area contributed by atoms with E-state index in [9.17, 15) is 8.42 Å². The van der Waals surface area contributed by atoms with Gasteiger partial charge in [-0.25, -0.2) is 4.98 Å². The molecule has 4 aromatic rings. The van der Waals surface area contributed by atoms with E-state index in [1.54, 1.807) is 35.6 Å². The lowest BCUT2D eigenvalue weighted by Gasteiger charge is -2.16. The first-order chi connectivity index (χ1) is 14.9. The molecule has 1 atom stereocenters. The van der Waals surface area contributed by atoms with Crippen molar-refractivity contribution in [2.45, 2.75) is 19.4 Å². The molecular weight excluding hydrogens is 454 g/mol. The lowest BCUT2D eigenvalue weighted by Crippen LogP contribution is -2.14. The van der Waals surface area contributed by atoms with Gasteiger partial charge < -0.3 is 5.32 Å². The molecule has 4 rings (SSSR count). The third-order valence-electron chi connectivity index (χ3n) is 4.36. The molecule has 0 saturated carbocycles. The Balaban J connectivity index is 1.58. The van der Waals surface area contributed by atoms with Crippen molar-refractivity contribution in [2.24, 2.45) is 0 Å². The van der Waals surface area contributed by atoms with Gasteiger partial charge in [-0.3, -0.25) is 9.27 Å². The van der Waals surface area contributed by atoms with Gasteiger partial charge in [-0.1, -0.05) is 53.8 Å². The normalized spacial score (nSPS) is 12.5. The first-order valence-electron chi connectivity index (χ1n) is 9.27. The van der Waals surface area contributed by atoms with Crippen LogP contribution >= 0.6 is 22.7 Å². The molecule has 0 spiro atoms. The second kappa shape index (κ2) is 9.10. The molecular formula is C20H19N5O3S3. The van der Waals surface area contributed by atoms with Crippen molar-refractivity contribution in [3.63, 3.8) is 0 Å². The van der Waals surface area contributed by atoms with Crippen molar-refractivity contribution < 1.29 is 13.0 Å². The summed E-state index contributed by atoms with van der Waals surface area (Å²) in [6.45, 7) is 1.90. The van der Waals surface area contributed by atoms with Gasteiger partial charge in [0.25, 0.3) is 0 Å². The predicted molar refractivity (Wildman–Crippen MR) is 124 cm³/mol. The maximum Gasteiger partial charge on any atom is 0.357 e. The summed E-state index contributed by atoms with van der Waals surface area (Å²) in [6.07, 6.45) is 0.600. The molecule has 2 aromatic carbocycles. The number of hydrogen-bond acceptors (Lipinski definition) is 8. The van der Waals surface area contributed by atoms with E-state index in [1.807, 2.05) is 47.4 Å². The molecule has 0 aliphatic rings. The summed E-state index contributed by atoms with van der Waals surface area (Å²) in [7, 11) is -4.30. The maximum absolute atomic E-state index is 11.0. The van der Waals surface area contributed by atoms with E-state index in [0.29, 0.717) is 11.6 Å². The quantitative estimate of drug-likeness (QED) is 0.321. The van der Waals surface area contributed by atoms with E-state index in [0.717, 1.165) is 26.8 Å². The summed E-state index contributed by atoms with van der Waals surface area (Å²) in [5.41, 5.74) is 3.20. The largest absolute Gasteiger partial charge is 0.357 e. The molecule has 2 heterocycles.